The van der Waals surface area contributed by atoms with Gasteiger partial charge < -0.3 is 0 Å². The van der Waals surface area contributed by atoms with Crippen molar-refractivity contribution >= 4 is 28.4 Å². The summed E-state index contributed by atoms with van der Waals surface area (Å²) in [5.74, 6) is 5.18. The van der Waals surface area contributed by atoms with Crippen molar-refractivity contribution in [2.24, 2.45) is 10.9 Å². The first-order chi connectivity index (χ1) is 4.18. The minimum atomic E-state index is -0.250. The highest BCUT2D eigenvalue weighted by atomic mass is 35.5. The number of halogens is 2. The smallest absolute Gasteiger partial charge is 0.132 e. The Morgan fingerprint density at radius 2 is 2.56 bits per heavy atom. The van der Waals surface area contributed by atoms with Crippen LogP contribution in [-0.4, -0.2) is 15.9 Å². The Hall–Kier alpha value is -0.0300. The molecule has 1 atom stereocenters. The number of hydrogen-bond acceptors (Lipinski definition) is 4. The lowest BCUT2D eigenvalue weighted by Crippen LogP contribution is -2.47. The average Bonchev–Trinajstić information content (AvgIpc) is 1.59. The second-order valence-electron chi connectivity index (χ2n) is 1.62. The van der Waals surface area contributed by atoms with Crippen LogP contribution in [0.1, 0.15) is 6.42 Å². The van der Waals surface area contributed by atoms with E-state index in [1.807, 2.05) is 0 Å². The van der Waals surface area contributed by atoms with Crippen molar-refractivity contribution in [3.05, 3.63) is 0 Å². The van der Waals surface area contributed by atoms with Crippen LogP contribution in [0.4, 0.5) is 0 Å². The maximum atomic E-state index is 5.61. The fourth-order valence-corrected chi connectivity index (χ4v) is 1.08. The predicted octanol–water partition coefficient (Wildman–Crippen LogP) is 0.188. The molecule has 0 amide bonds. The van der Waals surface area contributed by atoms with E-state index >= 15 is 0 Å². The largest absolute Gasteiger partial charge is 0.215 e. The van der Waals surface area contributed by atoms with Gasteiger partial charge in [-0.1, -0.05) is 11.6 Å². The van der Waals surface area contributed by atoms with Gasteiger partial charge in [0, 0.05) is 6.42 Å². The van der Waals surface area contributed by atoms with Gasteiger partial charge in [-0.05, 0) is 0 Å². The van der Waals surface area contributed by atoms with E-state index in [2.05, 4.69) is 10.5 Å². The lowest BCUT2D eigenvalue weighted by Gasteiger charge is -2.22. The van der Waals surface area contributed by atoms with Crippen LogP contribution in [0.2, 0.25) is 0 Å². The fraction of sp³-hybridized carbons (Fsp3) is 0.667. The molecule has 1 aliphatic rings. The maximum Gasteiger partial charge on any atom is 0.132 e. The van der Waals surface area contributed by atoms with E-state index in [4.69, 9.17) is 29.0 Å². The third-order valence-electron chi connectivity index (χ3n) is 0.836. The van der Waals surface area contributed by atoms with Crippen LogP contribution >= 0.6 is 23.2 Å². The second kappa shape index (κ2) is 2.70. The topological polar surface area (TPSA) is 53.6 Å². The van der Waals surface area contributed by atoms with E-state index in [9.17, 15) is 0 Å². The molecule has 0 aromatic carbocycles. The Labute approximate surface area is 62.5 Å². The summed E-state index contributed by atoms with van der Waals surface area (Å²) in [7, 11) is 0. The van der Waals surface area contributed by atoms with Crippen molar-refractivity contribution in [2.75, 3.05) is 0 Å². The van der Waals surface area contributed by atoms with Gasteiger partial charge in [0.25, 0.3) is 0 Å². The quantitative estimate of drug-likeness (QED) is 0.309. The molecule has 9 heavy (non-hydrogen) atoms. The summed E-state index contributed by atoms with van der Waals surface area (Å²) in [6, 6.07) is 0. The lowest BCUT2D eigenvalue weighted by molar-refractivity contribution is 0.182. The predicted molar refractivity (Wildman–Crippen MR) is 36.7 cm³/mol. The van der Waals surface area contributed by atoms with Gasteiger partial charge in [-0.2, -0.15) is 10.7 Å². The van der Waals surface area contributed by atoms with Crippen LogP contribution in [0, 0.1) is 0 Å². The van der Waals surface area contributed by atoms with Crippen molar-refractivity contribution in [3.63, 3.8) is 0 Å². The number of nitrogens with two attached hydrogens (primary N) is 1. The van der Waals surface area contributed by atoms with Gasteiger partial charge >= 0.3 is 0 Å². The molecule has 0 saturated carbocycles. The van der Waals surface area contributed by atoms with E-state index < -0.39 is 0 Å². The van der Waals surface area contributed by atoms with Gasteiger partial charge in [-0.3, -0.25) is 0 Å². The number of hydrazone groups is 1. The van der Waals surface area contributed by atoms with Crippen LogP contribution < -0.4 is 11.3 Å². The van der Waals surface area contributed by atoms with E-state index in [-0.39, 0.29) is 5.50 Å². The standard InChI is InChI=1S/C3H6Cl2N4/c4-2-1-3(5)8-9(6)7-2/h2,7H,1,6H2. The number of hydrogen-bond donors (Lipinski definition) is 2. The van der Waals surface area contributed by atoms with Gasteiger partial charge in [0.15, 0.2) is 0 Å². The average molecular weight is 169 g/mol. The minimum Gasteiger partial charge on any atom is -0.215 e. The van der Waals surface area contributed by atoms with E-state index in [0.29, 0.717) is 11.6 Å². The molecule has 0 saturated heterocycles. The van der Waals surface area contributed by atoms with Gasteiger partial charge in [0.05, 0.1) is 0 Å². The zero-order valence-electron chi connectivity index (χ0n) is 4.51. The maximum absolute atomic E-state index is 5.61. The van der Waals surface area contributed by atoms with Crippen molar-refractivity contribution < 1.29 is 0 Å². The molecule has 0 bridgehead atoms. The molecule has 0 aromatic heterocycles. The monoisotopic (exact) mass is 168 g/mol. The molecule has 4 nitrogen and oxygen atoms in total. The lowest BCUT2D eigenvalue weighted by atomic mass is 10.4. The number of hydrazine groups is 2. The van der Waals surface area contributed by atoms with Crippen LogP contribution in [0.15, 0.2) is 5.10 Å². The molecular formula is C3H6Cl2N4. The van der Waals surface area contributed by atoms with Gasteiger partial charge in [-0.25, -0.2) is 5.84 Å². The third kappa shape index (κ3) is 1.98. The van der Waals surface area contributed by atoms with Crippen molar-refractivity contribution in [1.82, 2.24) is 10.7 Å². The fourth-order valence-electron chi connectivity index (χ4n) is 0.524. The summed E-state index contributed by atoms with van der Waals surface area (Å²) in [4.78, 5) is 0. The van der Waals surface area contributed by atoms with E-state index in [0.717, 1.165) is 5.23 Å². The molecule has 1 heterocycles. The summed E-state index contributed by atoms with van der Waals surface area (Å²) in [6.45, 7) is 0. The molecule has 0 aliphatic carbocycles. The zero-order valence-corrected chi connectivity index (χ0v) is 6.02. The Bertz CT molecular complexity index is 136. The molecule has 1 aliphatic heterocycles. The molecule has 3 N–H and O–H groups in total. The first-order valence-corrected chi connectivity index (χ1v) is 3.18. The molecule has 0 radical (unpaired) electrons. The van der Waals surface area contributed by atoms with E-state index in [1.165, 1.54) is 0 Å². The van der Waals surface area contributed by atoms with Crippen molar-refractivity contribution in [2.45, 2.75) is 11.9 Å². The molecule has 0 fully saturated rings. The SMILES string of the molecule is NN1N=C(Cl)CC(Cl)N1. The number of nitrogens with zero attached hydrogens (tertiary/aromatic N) is 2. The van der Waals surface area contributed by atoms with Crippen LogP contribution in [-0.2, 0) is 0 Å². The van der Waals surface area contributed by atoms with E-state index in [1.54, 1.807) is 0 Å². The van der Waals surface area contributed by atoms with Gasteiger partial charge in [0.1, 0.15) is 10.7 Å². The molecule has 1 unspecified atom stereocenters. The first-order valence-electron chi connectivity index (χ1n) is 2.36. The number of nitrogens with one attached hydrogen (secondary N) is 1. The summed E-state index contributed by atoms with van der Waals surface area (Å²) >= 11 is 11.1. The number of alkyl halides is 1. The number of rotatable bonds is 0. The molecule has 52 valence electrons. The van der Waals surface area contributed by atoms with Crippen LogP contribution in [0.25, 0.3) is 0 Å². The minimum absolute atomic E-state index is 0.250. The third-order valence-corrected chi connectivity index (χ3v) is 1.32. The second-order valence-corrected chi connectivity index (χ2v) is 2.58. The van der Waals surface area contributed by atoms with Crippen LogP contribution in [0.3, 0.4) is 0 Å². The highest BCUT2D eigenvalue weighted by Crippen LogP contribution is 2.07. The highest BCUT2D eigenvalue weighted by molar-refractivity contribution is 6.65. The summed E-state index contributed by atoms with van der Waals surface area (Å²) in [6.07, 6.45) is 0.511. The highest BCUT2D eigenvalue weighted by Gasteiger charge is 2.14. The molecular weight excluding hydrogens is 163 g/mol. The van der Waals surface area contributed by atoms with Gasteiger partial charge in [0.2, 0.25) is 0 Å². The molecule has 0 spiro atoms. The van der Waals surface area contributed by atoms with Gasteiger partial charge in [-0.15, -0.1) is 16.7 Å². The first kappa shape index (κ1) is 7.08. The Morgan fingerprint density at radius 3 is 3.00 bits per heavy atom. The molecule has 6 heteroatoms. The van der Waals surface area contributed by atoms with Crippen LogP contribution in [0.5, 0.6) is 0 Å². The summed E-state index contributed by atoms with van der Waals surface area (Å²) in [5.41, 5.74) is 2.36. The zero-order chi connectivity index (χ0) is 6.85. The Balaban J connectivity index is 2.56. The van der Waals surface area contributed by atoms with Crippen molar-refractivity contribution in [3.8, 4) is 0 Å². The van der Waals surface area contributed by atoms with Crippen molar-refractivity contribution in [1.29, 1.82) is 0 Å². The summed E-state index contributed by atoms with van der Waals surface area (Å²) in [5, 5.41) is 5.05. The molecule has 1 rings (SSSR count). The Kier molecular flexibility index (Phi) is 2.13. The summed E-state index contributed by atoms with van der Waals surface area (Å²) < 4.78 is 0. The Morgan fingerprint density at radius 1 is 1.89 bits per heavy atom. The normalized spacial score (nSPS) is 28.1. The molecule has 0 aromatic rings.